The second kappa shape index (κ2) is 9.67. The highest BCUT2D eigenvalue weighted by Gasteiger charge is 2.22. The first-order valence-corrected chi connectivity index (χ1v) is 10.9. The minimum absolute atomic E-state index is 0.204. The molecule has 0 fully saturated rings. The van der Waals surface area contributed by atoms with Crippen LogP contribution in [0, 0.1) is 6.92 Å². The van der Waals surface area contributed by atoms with Gasteiger partial charge in [-0.25, -0.2) is 9.78 Å². The first-order valence-electron chi connectivity index (χ1n) is 10.0. The molecule has 1 N–H and O–H groups in total. The Labute approximate surface area is 181 Å². The summed E-state index contributed by atoms with van der Waals surface area (Å²) in [6.07, 6.45) is 0.0249. The van der Waals surface area contributed by atoms with Gasteiger partial charge in [0, 0.05) is 16.6 Å². The molecule has 2 atom stereocenters. The topological polar surface area (TPSA) is 68.3 Å². The molecule has 0 spiro atoms. The van der Waals surface area contributed by atoms with E-state index in [9.17, 15) is 9.59 Å². The number of amides is 1. The van der Waals surface area contributed by atoms with Gasteiger partial charge in [-0.3, -0.25) is 4.79 Å². The first kappa shape index (κ1) is 21.7. The molecule has 3 rings (SSSR count). The van der Waals surface area contributed by atoms with Gasteiger partial charge in [-0.2, -0.15) is 0 Å². The number of benzene rings is 2. The molecule has 0 aliphatic carbocycles. The van der Waals surface area contributed by atoms with Gasteiger partial charge < -0.3 is 10.1 Å². The van der Waals surface area contributed by atoms with Crippen LogP contribution in [0.15, 0.2) is 53.9 Å². The Morgan fingerprint density at radius 1 is 1.10 bits per heavy atom. The van der Waals surface area contributed by atoms with E-state index in [1.165, 1.54) is 11.3 Å². The molecular formula is C24H26N2O3S. The molecular weight excluding hydrogens is 396 g/mol. The van der Waals surface area contributed by atoms with Crippen molar-refractivity contribution in [2.75, 3.05) is 5.32 Å². The van der Waals surface area contributed by atoms with E-state index in [1.807, 2.05) is 55.5 Å². The van der Waals surface area contributed by atoms with Crippen LogP contribution in [0.2, 0.25) is 0 Å². The highest BCUT2D eigenvalue weighted by atomic mass is 32.1. The summed E-state index contributed by atoms with van der Waals surface area (Å²) in [5.41, 5.74) is 4.11. The van der Waals surface area contributed by atoms with Crippen molar-refractivity contribution in [3.63, 3.8) is 0 Å². The lowest BCUT2D eigenvalue weighted by Gasteiger charge is -2.18. The third-order valence-corrected chi connectivity index (χ3v) is 5.92. The average Bonchev–Trinajstić information content (AvgIpc) is 3.24. The Morgan fingerprint density at radius 3 is 2.50 bits per heavy atom. The zero-order chi connectivity index (χ0) is 21.7. The van der Waals surface area contributed by atoms with Crippen molar-refractivity contribution >= 4 is 28.9 Å². The second-order valence-electron chi connectivity index (χ2n) is 7.34. The summed E-state index contributed by atoms with van der Waals surface area (Å²) in [5, 5.41) is 5.28. The summed E-state index contributed by atoms with van der Waals surface area (Å²) < 4.78 is 5.36. The number of carbonyl (C=O) groups excluding carboxylic acids is 2. The Balaban J connectivity index is 1.65. The number of anilines is 1. The number of rotatable bonds is 7. The predicted molar refractivity (Wildman–Crippen MR) is 121 cm³/mol. The lowest BCUT2D eigenvalue weighted by atomic mass is 9.97. The smallest absolute Gasteiger partial charge is 0.358 e. The summed E-state index contributed by atoms with van der Waals surface area (Å²) in [5.74, 6) is -0.662. The van der Waals surface area contributed by atoms with Crippen LogP contribution < -0.4 is 5.32 Å². The number of nitrogens with one attached hydrogen (secondary N) is 1. The maximum Gasteiger partial charge on any atom is 0.358 e. The lowest BCUT2D eigenvalue weighted by molar-refractivity contribution is -0.123. The minimum Gasteiger partial charge on any atom is -0.448 e. The lowest BCUT2D eigenvalue weighted by Crippen LogP contribution is -2.30. The maximum atomic E-state index is 12.6. The standard InChI is InChI=1S/C24H26N2O3S/c1-5-16(3)19-8-6-7-9-20(19)25-22(27)17(4)29-24(28)21-14-30-23(26-21)18-12-10-15(2)11-13-18/h6-14,16-17H,5H2,1-4H3,(H,25,27)/t16-,17+/m1/s1. The molecule has 0 unspecified atom stereocenters. The average molecular weight is 423 g/mol. The van der Waals surface area contributed by atoms with Crippen molar-refractivity contribution in [2.45, 2.75) is 46.1 Å². The van der Waals surface area contributed by atoms with E-state index in [4.69, 9.17) is 4.74 Å². The molecule has 0 aliphatic rings. The van der Waals surface area contributed by atoms with Gasteiger partial charge in [-0.1, -0.05) is 61.9 Å². The minimum atomic E-state index is -0.938. The van der Waals surface area contributed by atoms with E-state index >= 15 is 0 Å². The van der Waals surface area contributed by atoms with E-state index in [2.05, 4.69) is 24.1 Å². The molecule has 0 bridgehead atoms. The van der Waals surface area contributed by atoms with Crippen molar-refractivity contribution in [1.82, 2.24) is 4.98 Å². The van der Waals surface area contributed by atoms with Gasteiger partial charge in [0.1, 0.15) is 5.01 Å². The van der Waals surface area contributed by atoms with Gasteiger partial charge in [-0.15, -0.1) is 11.3 Å². The van der Waals surface area contributed by atoms with Crippen LogP contribution in [0.25, 0.3) is 10.6 Å². The summed E-state index contributed by atoms with van der Waals surface area (Å²) in [7, 11) is 0. The van der Waals surface area contributed by atoms with Gasteiger partial charge in [0.2, 0.25) is 0 Å². The van der Waals surface area contributed by atoms with Crippen molar-refractivity contribution < 1.29 is 14.3 Å². The third-order valence-electron chi connectivity index (χ3n) is 5.03. The molecule has 156 valence electrons. The number of aromatic nitrogens is 1. The van der Waals surface area contributed by atoms with Gasteiger partial charge in [0.25, 0.3) is 5.91 Å². The van der Waals surface area contributed by atoms with E-state index < -0.39 is 12.1 Å². The SMILES string of the molecule is CC[C@@H](C)c1ccccc1NC(=O)[C@H](C)OC(=O)c1csc(-c2ccc(C)cc2)n1. The molecule has 3 aromatic rings. The number of thiazole rings is 1. The summed E-state index contributed by atoms with van der Waals surface area (Å²) in [6, 6.07) is 15.6. The first-order chi connectivity index (χ1) is 14.4. The zero-order valence-corrected chi connectivity index (χ0v) is 18.5. The molecule has 1 heterocycles. The van der Waals surface area contributed by atoms with Crippen LogP contribution in [0.5, 0.6) is 0 Å². The fourth-order valence-electron chi connectivity index (χ4n) is 2.97. The largest absolute Gasteiger partial charge is 0.448 e. The zero-order valence-electron chi connectivity index (χ0n) is 17.6. The van der Waals surface area contributed by atoms with Crippen molar-refractivity contribution in [2.24, 2.45) is 0 Å². The molecule has 0 radical (unpaired) electrons. The molecule has 0 saturated carbocycles. The summed E-state index contributed by atoms with van der Waals surface area (Å²) >= 11 is 1.37. The molecule has 1 amide bonds. The number of ether oxygens (including phenoxy) is 1. The summed E-state index contributed by atoms with van der Waals surface area (Å²) in [4.78, 5) is 29.4. The molecule has 6 heteroatoms. The fraction of sp³-hybridized carbons (Fsp3) is 0.292. The highest BCUT2D eigenvalue weighted by molar-refractivity contribution is 7.13. The van der Waals surface area contributed by atoms with E-state index in [-0.39, 0.29) is 11.6 Å². The molecule has 0 aliphatic heterocycles. The Bertz CT molecular complexity index is 1030. The van der Waals surface area contributed by atoms with Gasteiger partial charge in [0.05, 0.1) is 0 Å². The van der Waals surface area contributed by atoms with Gasteiger partial charge >= 0.3 is 5.97 Å². The number of aryl methyl sites for hydroxylation is 1. The number of nitrogens with zero attached hydrogens (tertiary/aromatic N) is 1. The molecule has 5 nitrogen and oxygen atoms in total. The number of esters is 1. The number of hydrogen-bond acceptors (Lipinski definition) is 5. The second-order valence-corrected chi connectivity index (χ2v) is 8.20. The number of para-hydroxylation sites is 1. The quantitative estimate of drug-likeness (QED) is 0.488. The van der Waals surface area contributed by atoms with Crippen LogP contribution in [-0.4, -0.2) is 23.0 Å². The third kappa shape index (κ3) is 5.13. The monoisotopic (exact) mass is 422 g/mol. The van der Waals surface area contributed by atoms with E-state index in [0.29, 0.717) is 5.92 Å². The van der Waals surface area contributed by atoms with Gasteiger partial charge in [-0.05, 0) is 37.8 Å². The fourth-order valence-corrected chi connectivity index (χ4v) is 3.76. The predicted octanol–water partition coefficient (Wildman–Crippen LogP) is 5.82. The Morgan fingerprint density at radius 2 is 1.80 bits per heavy atom. The van der Waals surface area contributed by atoms with Crippen LogP contribution in [0.4, 0.5) is 5.69 Å². The Kier molecular flexibility index (Phi) is 7.00. The van der Waals surface area contributed by atoms with Crippen LogP contribution >= 0.6 is 11.3 Å². The van der Waals surface area contributed by atoms with Crippen molar-refractivity contribution in [3.8, 4) is 10.6 Å². The van der Waals surface area contributed by atoms with Crippen LogP contribution in [0.3, 0.4) is 0 Å². The summed E-state index contributed by atoms with van der Waals surface area (Å²) in [6.45, 7) is 7.79. The van der Waals surface area contributed by atoms with E-state index in [0.717, 1.165) is 33.8 Å². The molecule has 1 aromatic heterocycles. The molecule has 0 saturated heterocycles. The highest BCUT2D eigenvalue weighted by Crippen LogP contribution is 2.27. The van der Waals surface area contributed by atoms with E-state index in [1.54, 1.807) is 12.3 Å². The van der Waals surface area contributed by atoms with Crippen LogP contribution in [0.1, 0.15) is 54.7 Å². The number of hydrogen-bond donors (Lipinski definition) is 1. The molecule has 2 aromatic carbocycles. The van der Waals surface area contributed by atoms with Crippen molar-refractivity contribution in [3.05, 3.63) is 70.7 Å². The Hall–Kier alpha value is -2.99. The molecule has 30 heavy (non-hydrogen) atoms. The normalized spacial score (nSPS) is 12.8. The van der Waals surface area contributed by atoms with Crippen molar-refractivity contribution in [1.29, 1.82) is 0 Å². The van der Waals surface area contributed by atoms with Gasteiger partial charge in [0.15, 0.2) is 11.8 Å². The van der Waals surface area contributed by atoms with Crippen LogP contribution in [-0.2, 0) is 9.53 Å². The maximum absolute atomic E-state index is 12.6. The number of carbonyl (C=O) groups is 2.